The maximum Gasteiger partial charge on any atom is 0.263 e. The van der Waals surface area contributed by atoms with Gasteiger partial charge >= 0.3 is 0 Å². The molecule has 0 fully saturated rings. The average Bonchev–Trinajstić information content (AvgIpc) is 3.06. The number of anilines is 1. The van der Waals surface area contributed by atoms with Crippen molar-refractivity contribution in [3.05, 3.63) is 76.6 Å². The third-order valence-electron chi connectivity index (χ3n) is 5.33. The Labute approximate surface area is 204 Å². The van der Waals surface area contributed by atoms with E-state index in [4.69, 9.17) is 16.3 Å². The summed E-state index contributed by atoms with van der Waals surface area (Å²) in [7, 11) is -2.22. The van der Waals surface area contributed by atoms with Crippen LogP contribution in [0.5, 0.6) is 5.75 Å². The number of sulfonamides is 1. The Kier molecular flexibility index (Phi) is 7.68. The van der Waals surface area contributed by atoms with Gasteiger partial charge in [-0.15, -0.1) is 0 Å². The van der Waals surface area contributed by atoms with Crippen LogP contribution in [0.4, 0.5) is 5.69 Å². The Hall–Kier alpha value is -3.30. The van der Waals surface area contributed by atoms with Gasteiger partial charge in [0.05, 0.1) is 25.3 Å². The zero-order valence-corrected chi connectivity index (χ0v) is 21.2. The molecule has 1 heterocycles. The van der Waals surface area contributed by atoms with Gasteiger partial charge in [0.1, 0.15) is 11.8 Å². The van der Waals surface area contributed by atoms with Crippen LogP contribution in [0.25, 0.3) is 5.69 Å². The van der Waals surface area contributed by atoms with Crippen molar-refractivity contribution in [2.75, 3.05) is 17.7 Å². The standard InChI is InChI=1S/C24H27ClN4O4S/c1-16-13-19(17(2)28(16)22-8-6-7-20(25)14-22)15-26-27-24(30)18(3)29(34(5,31)32)21-9-11-23(33-4)12-10-21/h6-15,18H,1-5H3,(H,27,30)/b26-15-/t18-/m0/s1. The molecule has 0 aliphatic carbocycles. The number of amides is 1. The fourth-order valence-corrected chi connectivity index (χ4v) is 5.09. The van der Waals surface area contributed by atoms with Crippen LogP contribution >= 0.6 is 11.6 Å². The molecular weight excluding hydrogens is 476 g/mol. The number of nitrogens with one attached hydrogen (secondary N) is 1. The molecule has 0 saturated carbocycles. The van der Waals surface area contributed by atoms with Crippen molar-refractivity contribution in [3.63, 3.8) is 0 Å². The molecule has 0 aliphatic rings. The molecule has 0 aliphatic heterocycles. The topological polar surface area (TPSA) is 93.0 Å². The number of aromatic nitrogens is 1. The van der Waals surface area contributed by atoms with Gasteiger partial charge in [0.25, 0.3) is 5.91 Å². The second-order valence-electron chi connectivity index (χ2n) is 7.81. The van der Waals surface area contributed by atoms with E-state index in [1.807, 2.05) is 48.7 Å². The maximum absolute atomic E-state index is 12.8. The lowest BCUT2D eigenvalue weighted by Gasteiger charge is -2.27. The van der Waals surface area contributed by atoms with Crippen molar-refractivity contribution in [3.8, 4) is 11.4 Å². The first-order valence-electron chi connectivity index (χ1n) is 10.4. The number of hydrogen-bond acceptors (Lipinski definition) is 5. The molecule has 0 unspecified atom stereocenters. The summed E-state index contributed by atoms with van der Waals surface area (Å²) < 4.78 is 33.1. The SMILES string of the molecule is COc1ccc(N([C@@H](C)C(=O)N/N=C\c2cc(C)n(-c3cccc(Cl)c3)c2C)S(C)(=O)=O)cc1. The molecule has 1 N–H and O–H groups in total. The minimum Gasteiger partial charge on any atom is -0.497 e. The van der Waals surface area contributed by atoms with E-state index in [9.17, 15) is 13.2 Å². The Bertz CT molecular complexity index is 1320. The van der Waals surface area contributed by atoms with Crippen molar-refractivity contribution in [1.82, 2.24) is 9.99 Å². The number of nitrogens with zero attached hydrogens (tertiary/aromatic N) is 3. The second-order valence-corrected chi connectivity index (χ2v) is 10.1. The van der Waals surface area contributed by atoms with Gasteiger partial charge in [0, 0.05) is 27.7 Å². The molecule has 0 saturated heterocycles. The van der Waals surface area contributed by atoms with Crippen LogP contribution in [0.3, 0.4) is 0 Å². The predicted molar refractivity (Wildman–Crippen MR) is 136 cm³/mol. The molecule has 3 aromatic rings. The number of carbonyl (C=O) groups is 1. The number of carbonyl (C=O) groups excluding carboxylic acids is 1. The average molecular weight is 503 g/mol. The molecule has 2 aromatic carbocycles. The fourth-order valence-electron chi connectivity index (χ4n) is 3.73. The largest absolute Gasteiger partial charge is 0.497 e. The molecular formula is C24H27ClN4O4S. The Balaban J connectivity index is 1.79. The smallest absolute Gasteiger partial charge is 0.263 e. The first-order valence-corrected chi connectivity index (χ1v) is 12.7. The van der Waals surface area contributed by atoms with E-state index in [1.165, 1.54) is 20.2 Å². The summed E-state index contributed by atoms with van der Waals surface area (Å²) in [6.07, 6.45) is 2.58. The van der Waals surface area contributed by atoms with Crippen molar-refractivity contribution in [2.45, 2.75) is 26.8 Å². The van der Waals surface area contributed by atoms with E-state index >= 15 is 0 Å². The number of benzene rings is 2. The van der Waals surface area contributed by atoms with Crippen molar-refractivity contribution in [1.29, 1.82) is 0 Å². The van der Waals surface area contributed by atoms with E-state index in [1.54, 1.807) is 24.3 Å². The van der Waals surface area contributed by atoms with E-state index in [0.29, 0.717) is 16.5 Å². The predicted octanol–water partition coefficient (Wildman–Crippen LogP) is 4.06. The van der Waals surface area contributed by atoms with Gasteiger partial charge in [-0.05, 0) is 69.3 Å². The second kappa shape index (κ2) is 10.3. The highest BCUT2D eigenvalue weighted by Crippen LogP contribution is 2.24. The lowest BCUT2D eigenvalue weighted by atomic mass is 10.2. The molecule has 8 nitrogen and oxygen atoms in total. The van der Waals surface area contributed by atoms with E-state index in [2.05, 4.69) is 10.5 Å². The van der Waals surface area contributed by atoms with Gasteiger partial charge in [-0.1, -0.05) is 17.7 Å². The van der Waals surface area contributed by atoms with Crippen LogP contribution < -0.4 is 14.5 Å². The Morgan fingerprint density at radius 1 is 1.18 bits per heavy atom. The first kappa shape index (κ1) is 25.3. The molecule has 0 radical (unpaired) electrons. The van der Waals surface area contributed by atoms with Crippen LogP contribution in [-0.4, -0.2) is 44.5 Å². The normalized spacial score (nSPS) is 12.5. The zero-order valence-electron chi connectivity index (χ0n) is 19.6. The summed E-state index contributed by atoms with van der Waals surface area (Å²) in [5.41, 5.74) is 6.42. The van der Waals surface area contributed by atoms with E-state index < -0.39 is 22.0 Å². The van der Waals surface area contributed by atoms with Gasteiger partial charge in [0.2, 0.25) is 10.0 Å². The summed E-state index contributed by atoms with van der Waals surface area (Å²) in [5, 5.41) is 4.70. The highest BCUT2D eigenvalue weighted by Gasteiger charge is 2.29. The van der Waals surface area contributed by atoms with Crippen LogP contribution in [-0.2, 0) is 14.8 Å². The minimum atomic E-state index is -3.74. The van der Waals surface area contributed by atoms with Gasteiger partial charge in [-0.2, -0.15) is 5.10 Å². The number of hydrogen-bond donors (Lipinski definition) is 1. The molecule has 0 bridgehead atoms. The summed E-state index contributed by atoms with van der Waals surface area (Å²) in [6.45, 7) is 5.40. The Morgan fingerprint density at radius 3 is 2.44 bits per heavy atom. The molecule has 180 valence electrons. The molecule has 34 heavy (non-hydrogen) atoms. The quantitative estimate of drug-likeness (QED) is 0.371. The number of hydrazone groups is 1. The summed E-state index contributed by atoms with van der Waals surface area (Å²) in [4.78, 5) is 12.8. The molecule has 1 aromatic heterocycles. The molecule has 1 atom stereocenters. The van der Waals surface area contributed by atoms with Crippen LogP contribution in [0, 0.1) is 13.8 Å². The van der Waals surface area contributed by atoms with Crippen molar-refractivity contribution < 1.29 is 17.9 Å². The maximum atomic E-state index is 12.8. The molecule has 1 amide bonds. The highest BCUT2D eigenvalue weighted by molar-refractivity contribution is 7.92. The van der Waals surface area contributed by atoms with Crippen LogP contribution in [0.2, 0.25) is 5.02 Å². The van der Waals surface area contributed by atoms with Crippen molar-refractivity contribution in [2.24, 2.45) is 5.10 Å². The third-order valence-corrected chi connectivity index (χ3v) is 6.81. The fraction of sp³-hybridized carbons (Fsp3) is 0.250. The Morgan fingerprint density at radius 2 is 1.85 bits per heavy atom. The van der Waals surface area contributed by atoms with Crippen molar-refractivity contribution >= 4 is 39.4 Å². The lowest BCUT2D eigenvalue weighted by molar-refractivity contribution is -0.121. The van der Waals surface area contributed by atoms with Gasteiger partial charge in [-0.25, -0.2) is 13.8 Å². The number of methoxy groups -OCH3 is 1. The van der Waals surface area contributed by atoms with E-state index in [0.717, 1.165) is 33.2 Å². The molecule has 0 spiro atoms. The zero-order chi connectivity index (χ0) is 25.0. The van der Waals surface area contributed by atoms with E-state index in [-0.39, 0.29) is 0 Å². The summed E-state index contributed by atoms with van der Waals surface area (Å²) in [5.74, 6) is 0.00965. The van der Waals surface area contributed by atoms with Gasteiger partial charge in [-0.3, -0.25) is 9.10 Å². The number of aryl methyl sites for hydroxylation is 1. The highest BCUT2D eigenvalue weighted by atomic mass is 35.5. The number of rotatable bonds is 8. The third kappa shape index (κ3) is 5.60. The monoisotopic (exact) mass is 502 g/mol. The number of ether oxygens (including phenoxy) is 1. The van der Waals surface area contributed by atoms with Crippen LogP contribution in [0.15, 0.2) is 59.7 Å². The minimum absolute atomic E-state index is 0.347. The van der Waals surface area contributed by atoms with Gasteiger partial charge in [0.15, 0.2) is 0 Å². The summed E-state index contributed by atoms with van der Waals surface area (Å²) >= 11 is 6.13. The first-order chi connectivity index (χ1) is 16.0. The lowest BCUT2D eigenvalue weighted by Crippen LogP contribution is -2.46. The number of halogens is 1. The summed E-state index contributed by atoms with van der Waals surface area (Å²) in [6, 6.07) is 14.8. The van der Waals surface area contributed by atoms with Gasteiger partial charge < -0.3 is 9.30 Å². The molecule has 3 rings (SSSR count). The molecule has 10 heteroatoms. The van der Waals surface area contributed by atoms with Crippen LogP contribution in [0.1, 0.15) is 23.9 Å².